The zero-order chi connectivity index (χ0) is 15.4. The van der Waals surface area contributed by atoms with Crippen molar-refractivity contribution in [1.29, 1.82) is 0 Å². The van der Waals surface area contributed by atoms with E-state index in [9.17, 15) is 9.90 Å². The third-order valence-electron chi connectivity index (χ3n) is 3.66. The first kappa shape index (κ1) is 15.1. The van der Waals surface area contributed by atoms with Crippen LogP contribution in [0.1, 0.15) is 48.8 Å². The van der Waals surface area contributed by atoms with Crippen LogP contribution >= 0.6 is 0 Å². The average molecular weight is 288 g/mol. The number of aromatic carboxylic acids is 1. The van der Waals surface area contributed by atoms with Crippen LogP contribution in [-0.4, -0.2) is 28.0 Å². The minimum Gasteiger partial charge on any atom is -0.497 e. The molecule has 112 valence electrons. The molecule has 2 rings (SSSR count). The van der Waals surface area contributed by atoms with Crippen LogP contribution < -0.4 is 4.74 Å². The minimum absolute atomic E-state index is 0.0692. The zero-order valence-corrected chi connectivity index (χ0v) is 12.5. The third-order valence-corrected chi connectivity index (χ3v) is 3.66. The molecule has 0 saturated carbocycles. The Bertz CT molecular complexity index is 630. The van der Waals surface area contributed by atoms with E-state index in [4.69, 9.17) is 4.74 Å². The summed E-state index contributed by atoms with van der Waals surface area (Å²) in [6, 6.07) is 9.13. The molecule has 0 fully saturated rings. The van der Waals surface area contributed by atoms with Gasteiger partial charge in [0.25, 0.3) is 0 Å². The number of benzene rings is 1. The summed E-state index contributed by atoms with van der Waals surface area (Å²) in [5, 5.41) is 13.4. The second-order valence-corrected chi connectivity index (χ2v) is 4.89. The maximum atomic E-state index is 11.2. The zero-order valence-electron chi connectivity index (χ0n) is 12.5. The van der Waals surface area contributed by atoms with Crippen molar-refractivity contribution in [3.8, 4) is 11.4 Å². The van der Waals surface area contributed by atoms with Crippen LogP contribution in [-0.2, 0) is 0 Å². The van der Waals surface area contributed by atoms with E-state index in [1.165, 1.54) is 0 Å². The Labute approximate surface area is 124 Å². The van der Waals surface area contributed by atoms with Crippen LogP contribution in [0.5, 0.6) is 5.75 Å². The van der Waals surface area contributed by atoms with Crippen molar-refractivity contribution >= 4 is 5.97 Å². The number of carbonyl (C=O) groups is 1. The van der Waals surface area contributed by atoms with E-state index < -0.39 is 5.97 Å². The number of hydrogen-bond acceptors (Lipinski definition) is 3. The Hall–Kier alpha value is -2.30. The minimum atomic E-state index is -1.01. The Balaban J connectivity index is 2.56. The fraction of sp³-hybridized carbons (Fsp3) is 0.375. The van der Waals surface area contributed by atoms with Gasteiger partial charge in [0.2, 0.25) is 0 Å². The quantitative estimate of drug-likeness (QED) is 0.883. The number of methoxy groups -OCH3 is 1. The lowest BCUT2D eigenvalue weighted by molar-refractivity contribution is 0.0690. The second-order valence-electron chi connectivity index (χ2n) is 4.89. The van der Waals surface area contributed by atoms with E-state index >= 15 is 0 Å². The first-order chi connectivity index (χ1) is 10.1. The van der Waals surface area contributed by atoms with Gasteiger partial charge in [-0.25, -0.2) is 9.48 Å². The van der Waals surface area contributed by atoms with E-state index in [0.29, 0.717) is 0 Å². The molecule has 2 aromatic rings. The number of nitrogens with zero attached hydrogens (tertiary/aromatic N) is 2. The highest BCUT2D eigenvalue weighted by Crippen LogP contribution is 2.27. The van der Waals surface area contributed by atoms with Gasteiger partial charge in [0.05, 0.1) is 12.8 Å². The molecule has 1 aromatic heterocycles. The maximum Gasteiger partial charge on any atom is 0.356 e. The summed E-state index contributed by atoms with van der Waals surface area (Å²) >= 11 is 0. The molecule has 5 heteroatoms. The summed E-state index contributed by atoms with van der Waals surface area (Å²) in [4.78, 5) is 11.2. The van der Waals surface area contributed by atoms with Crippen LogP contribution in [0.25, 0.3) is 5.69 Å². The van der Waals surface area contributed by atoms with E-state index in [2.05, 4.69) is 18.9 Å². The summed E-state index contributed by atoms with van der Waals surface area (Å²) in [6.07, 6.45) is 1.87. The Morgan fingerprint density at radius 3 is 2.62 bits per heavy atom. The van der Waals surface area contributed by atoms with Gasteiger partial charge in [-0.3, -0.25) is 0 Å². The van der Waals surface area contributed by atoms with Crippen LogP contribution in [0.3, 0.4) is 0 Å². The highest BCUT2D eigenvalue weighted by Gasteiger charge is 2.19. The van der Waals surface area contributed by atoms with Crippen molar-refractivity contribution in [2.24, 2.45) is 0 Å². The molecular formula is C16H20N2O3. The molecule has 1 N–H and O–H groups in total. The van der Waals surface area contributed by atoms with Gasteiger partial charge < -0.3 is 9.84 Å². The first-order valence-electron chi connectivity index (χ1n) is 7.08. The predicted molar refractivity (Wildman–Crippen MR) is 80.4 cm³/mol. The van der Waals surface area contributed by atoms with Crippen LogP contribution in [0.15, 0.2) is 30.3 Å². The fourth-order valence-corrected chi connectivity index (χ4v) is 2.45. The maximum absolute atomic E-state index is 11.2. The molecule has 0 aliphatic rings. The van der Waals surface area contributed by atoms with Crippen LogP contribution in [0.4, 0.5) is 0 Å². The topological polar surface area (TPSA) is 64.3 Å². The highest BCUT2D eigenvalue weighted by molar-refractivity contribution is 5.85. The molecule has 1 aromatic carbocycles. The molecule has 0 atom stereocenters. The molecular weight excluding hydrogens is 268 g/mol. The van der Waals surface area contributed by atoms with Crippen molar-refractivity contribution in [2.45, 2.75) is 32.6 Å². The smallest absolute Gasteiger partial charge is 0.356 e. The number of carboxylic acid groups (broad SMARTS) is 1. The van der Waals surface area contributed by atoms with Gasteiger partial charge in [-0.15, -0.1) is 0 Å². The highest BCUT2D eigenvalue weighted by atomic mass is 16.5. The van der Waals surface area contributed by atoms with Crippen LogP contribution in [0.2, 0.25) is 0 Å². The average Bonchev–Trinajstić information content (AvgIpc) is 2.94. The Kier molecular flexibility index (Phi) is 4.62. The van der Waals surface area contributed by atoms with E-state index in [1.54, 1.807) is 17.9 Å². The summed E-state index contributed by atoms with van der Waals surface area (Å²) in [5.41, 5.74) is 1.80. The Morgan fingerprint density at radius 1 is 1.33 bits per heavy atom. The fourth-order valence-electron chi connectivity index (χ4n) is 2.45. The number of hydrogen-bond donors (Lipinski definition) is 1. The molecule has 5 nitrogen and oxygen atoms in total. The van der Waals surface area contributed by atoms with E-state index in [0.717, 1.165) is 30.0 Å². The van der Waals surface area contributed by atoms with Crippen molar-refractivity contribution < 1.29 is 14.6 Å². The molecule has 0 spiro atoms. The lowest BCUT2D eigenvalue weighted by Crippen LogP contribution is -2.07. The number of carboxylic acids is 1. The molecule has 0 saturated heterocycles. The van der Waals surface area contributed by atoms with E-state index in [1.807, 2.05) is 24.3 Å². The summed E-state index contributed by atoms with van der Waals surface area (Å²) in [5.74, 6) is -0.0176. The van der Waals surface area contributed by atoms with Gasteiger partial charge >= 0.3 is 5.97 Å². The van der Waals surface area contributed by atoms with Gasteiger partial charge in [0.1, 0.15) is 5.75 Å². The summed E-state index contributed by atoms with van der Waals surface area (Å²) in [7, 11) is 1.60. The molecule has 21 heavy (non-hydrogen) atoms. The molecule has 0 unspecified atom stereocenters. The molecule has 0 bridgehead atoms. The van der Waals surface area contributed by atoms with Gasteiger partial charge in [0.15, 0.2) is 5.69 Å². The van der Waals surface area contributed by atoms with Crippen molar-refractivity contribution in [2.75, 3.05) is 7.11 Å². The van der Waals surface area contributed by atoms with Gasteiger partial charge in [-0.2, -0.15) is 5.10 Å². The summed E-state index contributed by atoms with van der Waals surface area (Å²) in [6.45, 7) is 4.19. The third kappa shape index (κ3) is 3.07. The lowest BCUT2D eigenvalue weighted by atomic mass is 9.99. The van der Waals surface area contributed by atoms with Crippen molar-refractivity contribution in [3.63, 3.8) is 0 Å². The van der Waals surface area contributed by atoms with Crippen molar-refractivity contribution in [1.82, 2.24) is 9.78 Å². The monoisotopic (exact) mass is 288 g/mol. The van der Waals surface area contributed by atoms with Gasteiger partial charge in [-0.1, -0.05) is 19.9 Å². The largest absolute Gasteiger partial charge is 0.497 e. The van der Waals surface area contributed by atoms with E-state index in [-0.39, 0.29) is 11.6 Å². The SMILES string of the molecule is CCC(CC)c1cc(C(=O)O)nn1-c1cccc(OC)c1. The predicted octanol–water partition coefficient (Wildman–Crippen LogP) is 3.48. The van der Waals surface area contributed by atoms with Gasteiger partial charge in [-0.05, 0) is 31.0 Å². The molecule has 1 heterocycles. The van der Waals surface area contributed by atoms with Gasteiger partial charge in [0, 0.05) is 17.7 Å². The van der Waals surface area contributed by atoms with Crippen LogP contribution in [0, 0.1) is 0 Å². The Morgan fingerprint density at radius 2 is 2.05 bits per heavy atom. The molecule has 0 aliphatic heterocycles. The summed E-state index contributed by atoms with van der Waals surface area (Å²) < 4.78 is 6.94. The number of ether oxygens (including phenoxy) is 1. The number of rotatable bonds is 6. The van der Waals surface area contributed by atoms with Crippen molar-refractivity contribution in [3.05, 3.63) is 41.7 Å². The molecule has 0 radical (unpaired) electrons. The first-order valence-corrected chi connectivity index (χ1v) is 7.08. The lowest BCUT2D eigenvalue weighted by Gasteiger charge is -2.15. The normalized spacial score (nSPS) is 10.9. The standard InChI is InChI=1S/C16H20N2O3/c1-4-11(5-2)15-10-14(16(19)20)17-18(15)12-7-6-8-13(9-12)21-3/h6-11H,4-5H2,1-3H3,(H,19,20). The molecule has 0 aliphatic carbocycles. The molecule has 0 amide bonds. The number of aromatic nitrogens is 2. The second kappa shape index (κ2) is 6.43.